The lowest BCUT2D eigenvalue weighted by Gasteiger charge is -2.24. The van der Waals surface area contributed by atoms with E-state index in [1.807, 2.05) is 6.07 Å². The van der Waals surface area contributed by atoms with Crippen molar-refractivity contribution in [2.75, 3.05) is 30.9 Å². The normalized spacial score (nSPS) is 16.0. The number of thioether (sulfide) groups is 1. The van der Waals surface area contributed by atoms with Gasteiger partial charge in [0, 0.05) is 36.1 Å². The maximum absolute atomic E-state index is 12.0. The van der Waals surface area contributed by atoms with Crippen molar-refractivity contribution in [3.63, 3.8) is 0 Å². The zero-order valence-corrected chi connectivity index (χ0v) is 18.6. The van der Waals surface area contributed by atoms with Crippen molar-refractivity contribution in [1.82, 2.24) is 4.98 Å². The van der Waals surface area contributed by atoms with Gasteiger partial charge in [-0.1, -0.05) is 44.7 Å². The Kier molecular flexibility index (Phi) is 11.1. The van der Waals surface area contributed by atoms with Crippen LogP contribution in [0.15, 0.2) is 17.2 Å². The highest BCUT2D eigenvalue weighted by Crippen LogP contribution is 2.33. The maximum Gasteiger partial charge on any atom is 0.306 e. The van der Waals surface area contributed by atoms with E-state index in [0.717, 1.165) is 43.8 Å². The van der Waals surface area contributed by atoms with Crippen LogP contribution in [0.5, 0.6) is 0 Å². The van der Waals surface area contributed by atoms with E-state index in [0.29, 0.717) is 41.6 Å². The Morgan fingerprint density at radius 1 is 1.43 bits per heavy atom. The summed E-state index contributed by atoms with van der Waals surface area (Å²) in [6.07, 6.45) is 8.61. The fraction of sp³-hybridized carbons (Fsp3) is 0.714. The lowest BCUT2D eigenvalue weighted by molar-refractivity contribution is -0.144. The zero-order valence-electron chi connectivity index (χ0n) is 17.0. The molecule has 1 aromatic rings. The molecular weight excluding hydrogens is 396 g/mol. The molecule has 2 heterocycles. The fourth-order valence-corrected chi connectivity index (χ4v) is 4.30. The number of rotatable bonds is 12. The Bertz CT molecular complexity index is 597. The summed E-state index contributed by atoms with van der Waals surface area (Å²) in [7, 11) is 0. The van der Waals surface area contributed by atoms with Crippen LogP contribution in [0.1, 0.15) is 58.8 Å². The molecule has 0 spiro atoms. The summed E-state index contributed by atoms with van der Waals surface area (Å²) in [5.74, 6) is 1.70. The third-order valence-corrected chi connectivity index (χ3v) is 6.56. The van der Waals surface area contributed by atoms with Crippen LogP contribution in [-0.2, 0) is 14.3 Å². The van der Waals surface area contributed by atoms with E-state index in [1.165, 1.54) is 12.8 Å². The Balaban J connectivity index is 1.74. The lowest BCUT2D eigenvalue weighted by atomic mass is 10.0. The van der Waals surface area contributed by atoms with Crippen LogP contribution in [0, 0.1) is 5.92 Å². The topological polar surface area (TPSA) is 60.5 Å². The number of aromatic nitrogens is 1. The number of hydrogen-bond acceptors (Lipinski definition) is 6. The number of pyridine rings is 1. The molecule has 0 radical (unpaired) electrons. The number of ether oxygens (including phenoxy) is 2. The van der Waals surface area contributed by atoms with Gasteiger partial charge in [-0.05, 0) is 31.2 Å². The Morgan fingerprint density at radius 3 is 2.93 bits per heavy atom. The maximum atomic E-state index is 12.0. The van der Waals surface area contributed by atoms with Crippen molar-refractivity contribution in [2.45, 2.75) is 69.7 Å². The second-order valence-electron chi connectivity index (χ2n) is 7.20. The number of hydrogen-bond donors (Lipinski definition) is 1. The quantitative estimate of drug-likeness (QED) is 0.347. The van der Waals surface area contributed by atoms with Crippen molar-refractivity contribution in [2.24, 2.45) is 5.92 Å². The summed E-state index contributed by atoms with van der Waals surface area (Å²) in [6.45, 7) is 6.41. The van der Waals surface area contributed by atoms with Crippen molar-refractivity contribution in [1.29, 1.82) is 0 Å². The first-order valence-electron chi connectivity index (χ1n) is 10.4. The molecule has 158 valence electrons. The van der Waals surface area contributed by atoms with E-state index < -0.39 is 0 Å². The number of carbonyl (C=O) groups excluding carboxylic acids is 1. The summed E-state index contributed by atoms with van der Waals surface area (Å²) in [6, 6.07) is 2.24. The first-order valence-corrected chi connectivity index (χ1v) is 11.8. The standard InChI is InChI=1S/C21H33ClN2O3S/c1-3-5-6-16(4-2)15-27-19(25)10-14-28-18-7-11-23-21(20(18)22)24-17-8-12-26-13-9-17/h7,11,16-17H,3-6,8-10,12-15H2,1-2H3,(H,23,24). The van der Waals surface area contributed by atoms with Gasteiger partial charge in [0.25, 0.3) is 0 Å². The van der Waals surface area contributed by atoms with Crippen molar-refractivity contribution >= 4 is 35.1 Å². The highest BCUT2D eigenvalue weighted by atomic mass is 35.5. The second-order valence-corrected chi connectivity index (χ2v) is 8.72. The molecule has 1 fully saturated rings. The van der Waals surface area contributed by atoms with Crippen LogP contribution in [0.4, 0.5) is 5.82 Å². The van der Waals surface area contributed by atoms with E-state index >= 15 is 0 Å². The number of unbranched alkanes of at least 4 members (excludes halogenated alkanes) is 1. The molecule has 0 aromatic carbocycles. The monoisotopic (exact) mass is 428 g/mol. The molecule has 1 N–H and O–H groups in total. The molecular formula is C21H33ClN2O3S. The largest absolute Gasteiger partial charge is 0.465 e. The Hall–Kier alpha value is -0.980. The third-order valence-electron chi connectivity index (χ3n) is 5.00. The smallest absolute Gasteiger partial charge is 0.306 e. The van der Waals surface area contributed by atoms with Crippen LogP contribution >= 0.6 is 23.4 Å². The first-order chi connectivity index (χ1) is 13.6. The molecule has 7 heteroatoms. The predicted molar refractivity (Wildman–Crippen MR) is 116 cm³/mol. The van der Waals surface area contributed by atoms with Crippen LogP contribution < -0.4 is 5.32 Å². The SMILES string of the molecule is CCCCC(CC)COC(=O)CCSc1ccnc(NC2CCOCC2)c1Cl. The van der Waals surface area contributed by atoms with Gasteiger partial charge in [0.15, 0.2) is 0 Å². The zero-order chi connectivity index (χ0) is 20.2. The molecule has 5 nitrogen and oxygen atoms in total. The predicted octanol–water partition coefficient (Wildman–Crippen LogP) is 5.57. The van der Waals surface area contributed by atoms with Crippen molar-refractivity contribution in [3.05, 3.63) is 17.3 Å². The summed E-state index contributed by atoms with van der Waals surface area (Å²) < 4.78 is 10.8. The van der Waals surface area contributed by atoms with E-state index in [2.05, 4.69) is 24.1 Å². The van der Waals surface area contributed by atoms with Gasteiger partial charge in [-0.15, -0.1) is 11.8 Å². The molecule has 1 saturated heterocycles. The summed E-state index contributed by atoms with van der Waals surface area (Å²) >= 11 is 8.09. The second kappa shape index (κ2) is 13.3. The van der Waals surface area contributed by atoms with Gasteiger partial charge >= 0.3 is 5.97 Å². The Labute approximate surface area is 178 Å². The van der Waals surface area contributed by atoms with Gasteiger partial charge in [0.05, 0.1) is 18.1 Å². The lowest BCUT2D eigenvalue weighted by Crippen LogP contribution is -2.28. The Morgan fingerprint density at radius 2 is 2.21 bits per heavy atom. The van der Waals surface area contributed by atoms with Gasteiger partial charge in [-0.25, -0.2) is 4.98 Å². The first kappa shape index (κ1) is 23.3. The minimum Gasteiger partial charge on any atom is -0.465 e. The molecule has 1 unspecified atom stereocenters. The van der Waals surface area contributed by atoms with Gasteiger partial charge in [0.2, 0.25) is 0 Å². The summed E-state index contributed by atoms with van der Waals surface area (Å²) in [4.78, 5) is 17.3. The molecule has 1 atom stereocenters. The van der Waals surface area contributed by atoms with Crippen LogP contribution in [-0.4, -0.2) is 42.6 Å². The highest BCUT2D eigenvalue weighted by Gasteiger charge is 2.17. The van der Waals surface area contributed by atoms with Crippen molar-refractivity contribution < 1.29 is 14.3 Å². The number of esters is 1. The van der Waals surface area contributed by atoms with Crippen LogP contribution in [0.2, 0.25) is 5.02 Å². The van der Waals surface area contributed by atoms with E-state index in [4.69, 9.17) is 21.1 Å². The van der Waals surface area contributed by atoms with E-state index in [1.54, 1.807) is 18.0 Å². The van der Waals surface area contributed by atoms with Gasteiger partial charge in [-0.3, -0.25) is 4.79 Å². The van der Waals surface area contributed by atoms with Gasteiger partial charge < -0.3 is 14.8 Å². The van der Waals surface area contributed by atoms with Gasteiger partial charge in [-0.2, -0.15) is 0 Å². The number of nitrogens with one attached hydrogen (secondary N) is 1. The summed E-state index contributed by atoms with van der Waals surface area (Å²) in [5.41, 5.74) is 0. The number of nitrogens with zero attached hydrogens (tertiary/aromatic N) is 1. The number of anilines is 1. The minimum atomic E-state index is -0.131. The molecule has 2 rings (SSSR count). The third kappa shape index (κ3) is 8.18. The fourth-order valence-electron chi connectivity index (χ4n) is 3.10. The molecule has 0 bridgehead atoms. The molecule has 1 aliphatic heterocycles. The number of carbonyl (C=O) groups is 1. The number of halogens is 1. The van der Waals surface area contributed by atoms with Crippen molar-refractivity contribution in [3.8, 4) is 0 Å². The van der Waals surface area contributed by atoms with E-state index in [9.17, 15) is 4.79 Å². The molecule has 0 aliphatic carbocycles. The average Bonchev–Trinajstić information content (AvgIpc) is 2.71. The molecule has 0 amide bonds. The molecule has 0 saturated carbocycles. The average molecular weight is 429 g/mol. The molecule has 28 heavy (non-hydrogen) atoms. The van der Waals surface area contributed by atoms with Crippen LogP contribution in [0.25, 0.3) is 0 Å². The highest BCUT2D eigenvalue weighted by molar-refractivity contribution is 7.99. The molecule has 1 aromatic heterocycles. The van der Waals surface area contributed by atoms with Crippen LogP contribution in [0.3, 0.4) is 0 Å². The minimum absolute atomic E-state index is 0.131. The van der Waals surface area contributed by atoms with E-state index in [-0.39, 0.29) is 5.97 Å². The summed E-state index contributed by atoms with van der Waals surface area (Å²) in [5, 5.41) is 4.04. The molecule has 1 aliphatic rings. The van der Waals surface area contributed by atoms with Gasteiger partial charge in [0.1, 0.15) is 5.82 Å².